The first kappa shape index (κ1) is 13.9. The van der Waals surface area contributed by atoms with E-state index in [0.717, 1.165) is 33.6 Å². The second kappa shape index (κ2) is 5.24. The summed E-state index contributed by atoms with van der Waals surface area (Å²) >= 11 is 1.61. The van der Waals surface area contributed by atoms with Crippen LogP contribution in [-0.4, -0.2) is 15.0 Å². The molecule has 0 radical (unpaired) electrons. The van der Waals surface area contributed by atoms with E-state index in [2.05, 4.69) is 34.2 Å². The molecule has 0 atom stereocenters. The van der Waals surface area contributed by atoms with Crippen molar-refractivity contribution >= 4 is 37.6 Å². The average Bonchev–Trinajstić information content (AvgIpc) is 3.02. The molecule has 0 fully saturated rings. The molecule has 0 aliphatic heterocycles. The van der Waals surface area contributed by atoms with Gasteiger partial charge in [-0.1, -0.05) is 30.3 Å². The summed E-state index contributed by atoms with van der Waals surface area (Å²) in [6, 6.07) is 10.5. The molecule has 5 heteroatoms. The monoisotopic (exact) mass is 332 g/mol. The highest BCUT2D eigenvalue weighted by atomic mass is 32.1. The molecule has 0 amide bonds. The number of nitrogens with two attached hydrogens (primary N) is 1. The van der Waals surface area contributed by atoms with Crippen molar-refractivity contribution in [2.45, 2.75) is 25.7 Å². The Bertz CT molecular complexity index is 1070. The van der Waals surface area contributed by atoms with Gasteiger partial charge in [-0.15, -0.1) is 11.3 Å². The molecule has 1 aromatic carbocycles. The largest absolute Gasteiger partial charge is 0.382 e. The average molecular weight is 332 g/mol. The van der Waals surface area contributed by atoms with Crippen LogP contribution in [0.5, 0.6) is 0 Å². The van der Waals surface area contributed by atoms with Crippen molar-refractivity contribution in [1.29, 1.82) is 0 Å². The number of hydrogen-bond donors (Lipinski definition) is 1. The number of pyridine rings is 1. The zero-order valence-corrected chi connectivity index (χ0v) is 13.9. The maximum Gasteiger partial charge on any atom is 0.144 e. The molecular formula is C19H16N4S. The Hall–Kier alpha value is -2.53. The van der Waals surface area contributed by atoms with E-state index < -0.39 is 0 Å². The fraction of sp³-hybridized carbons (Fsp3) is 0.211. The van der Waals surface area contributed by atoms with Crippen LogP contribution in [-0.2, 0) is 12.8 Å². The van der Waals surface area contributed by atoms with Crippen LogP contribution in [0.3, 0.4) is 0 Å². The third-order valence-corrected chi connectivity index (χ3v) is 5.89. The van der Waals surface area contributed by atoms with Gasteiger partial charge in [-0.05, 0) is 36.8 Å². The van der Waals surface area contributed by atoms with E-state index in [1.807, 2.05) is 6.07 Å². The number of anilines is 1. The standard InChI is InChI=1S/C19H16N4S/c20-18-17-16(21-10-22-18)14-12-8-4-5-9-13(12)15(23-19(14)24-17)11-6-2-1-3-7-11/h1-3,6-7,10H,4-5,8-9H2,(H2,20,21,22). The highest BCUT2D eigenvalue weighted by molar-refractivity contribution is 7.26. The van der Waals surface area contributed by atoms with Gasteiger partial charge < -0.3 is 5.73 Å². The van der Waals surface area contributed by atoms with Gasteiger partial charge in [0.25, 0.3) is 0 Å². The minimum Gasteiger partial charge on any atom is -0.382 e. The number of aryl methyl sites for hydroxylation is 1. The van der Waals surface area contributed by atoms with Gasteiger partial charge >= 0.3 is 0 Å². The Labute approximate surface area is 143 Å². The maximum atomic E-state index is 6.08. The molecule has 0 spiro atoms. The zero-order chi connectivity index (χ0) is 16.1. The third-order valence-electron chi connectivity index (χ3n) is 4.80. The normalized spacial score (nSPS) is 14.2. The van der Waals surface area contributed by atoms with Crippen molar-refractivity contribution in [2.24, 2.45) is 0 Å². The highest BCUT2D eigenvalue weighted by Crippen LogP contribution is 2.42. The molecule has 5 rings (SSSR count). The molecular weight excluding hydrogens is 316 g/mol. The quantitative estimate of drug-likeness (QED) is 0.562. The molecule has 1 aliphatic rings. The third kappa shape index (κ3) is 1.94. The van der Waals surface area contributed by atoms with Crippen LogP contribution in [0.4, 0.5) is 5.82 Å². The van der Waals surface area contributed by atoms with E-state index >= 15 is 0 Å². The van der Waals surface area contributed by atoms with Crippen molar-refractivity contribution < 1.29 is 0 Å². The minimum atomic E-state index is 0.550. The molecule has 3 aromatic heterocycles. The molecule has 4 aromatic rings. The van der Waals surface area contributed by atoms with E-state index in [1.165, 1.54) is 34.9 Å². The highest BCUT2D eigenvalue weighted by Gasteiger charge is 2.23. The molecule has 0 bridgehead atoms. The Morgan fingerprint density at radius 3 is 2.58 bits per heavy atom. The van der Waals surface area contributed by atoms with Crippen molar-refractivity contribution in [3.05, 3.63) is 47.8 Å². The van der Waals surface area contributed by atoms with E-state index in [9.17, 15) is 0 Å². The zero-order valence-electron chi connectivity index (χ0n) is 13.1. The summed E-state index contributed by atoms with van der Waals surface area (Å²) in [5.41, 5.74) is 12.1. The van der Waals surface area contributed by atoms with Crippen LogP contribution in [0.15, 0.2) is 36.7 Å². The van der Waals surface area contributed by atoms with E-state index in [4.69, 9.17) is 10.7 Å². The first-order chi connectivity index (χ1) is 11.8. The minimum absolute atomic E-state index is 0.550. The first-order valence-electron chi connectivity index (χ1n) is 8.23. The van der Waals surface area contributed by atoms with E-state index in [0.29, 0.717) is 5.82 Å². The number of nitrogen functional groups attached to an aromatic ring is 1. The number of fused-ring (bicyclic) bond motifs is 5. The SMILES string of the molecule is Nc1ncnc2c1sc1nc(-c3ccccc3)c3c(c12)CCCC3. The fourth-order valence-electron chi connectivity index (χ4n) is 3.71. The van der Waals surface area contributed by atoms with Gasteiger partial charge in [0.15, 0.2) is 0 Å². The van der Waals surface area contributed by atoms with E-state index in [1.54, 1.807) is 17.7 Å². The van der Waals surface area contributed by atoms with Crippen LogP contribution in [0.2, 0.25) is 0 Å². The lowest BCUT2D eigenvalue weighted by Crippen LogP contribution is -2.07. The van der Waals surface area contributed by atoms with Crippen LogP contribution in [0.25, 0.3) is 31.7 Å². The summed E-state index contributed by atoms with van der Waals surface area (Å²) in [7, 11) is 0. The van der Waals surface area contributed by atoms with Crippen LogP contribution in [0.1, 0.15) is 24.0 Å². The Kier molecular flexibility index (Phi) is 3.03. The van der Waals surface area contributed by atoms with Gasteiger partial charge in [0.05, 0.1) is 15.9 Å². The molecule has 0 unspecified atom stereocenters. The molecule has 3 heterocycles. The van der Waals surface area contributed by atoms with Crippen LogP contribution < -0.4 is 5.73 Å². The summed E-state index contributed by atoms with van der Waals surface area (Å²) in [6.07, 6.45) is 6.17. The Morgan fingerprint density at radius 2 is 1.75 bits per heavy atom. The predicted octanol–water partition coefficient (Wildman–Crippen LogP) is 4.37. The van der Waals surface area contributed by atoms with Crippen molar-refractivity contribution in [2.75, 3.05) is 5.73 Å². The topological polar surface area (TPSA) is 64.7 Å². The number of nitrogens with zero attached hydrogens (tertiary/aromatic N) is 3. The van der Waals surface area contributed by atoms with Gasteiger partial charge in [0.1, 0.15) is 17.0 Å². The van der Waals surface area contributed by atoms with E-state index in [-0.39, 0.29) is 0 Å². The molecule has 0 saturated heterocycles. The van der Waals surface area contributed by atoms with Crippen LogP contribution >= 0.6 is 11.3 Å². The van der Waals surface area contributed by atoms with Crippen LogP contribution in [0, 0.1) is 0 Å². The molecule has 1 aliphatic carbocycles. The van der Waals surface area contributed by atoms with Crippen molar-refractivity contribution in [1.82, 2.24) is 15.0 Å². The number of hydrogen-bond acceptors (Lipinski definition) is 5. The van der Waals surface area contributed by atoms with Crippen molar-refractivity contribution in [3.8, 4) is 11.3 Å². The maximum absolute atomic E-state index is 6.08. The molecule has 4 nitrogen and oxygen atoms in total. The lowest BCUT2D eigenvalue weighted by atomic mass is 9.87. The summed E-state index contributed by atoms with van der Waals surface area (Å²) in [4.78, 5) is 14.7. The smallest absolute Gasteiger partial charge is 0.144 e. The van der Waals surface area contributed by atoms with Gasteiger partial charge in [0, 0.05) is 10.9 Å². The van der Waals surface area contributed by atoms with Gasteiger partial charge in [0.2, 0.25) is 0 Å². The fourth-order valence-corrected chi connectivity index (χ4v) is 4.77. The number of benzene rings is 1. The second-order valence-electron chi connectivity index (χ2n) is 6.21. The lowest BCUT2D eigenvalue weighted by molar-refractivity contribution is 0.689. The second-order valence-corrected chi connectivity index (χ2v) is 7.21. The lowest BCUT2D eigenvalue weighted by Gasteiger charge is -2.20. The summed E-state index contributed by atoms with van der Waals surface area (Å²) in [5, 5.41) is 1.19. The molecule has 0 saturated carbocycles. The molecule has 2 N–H and O–H groups in total. The summed E-state index contributed by atoms with van der Waals surface area (Å²) < 4.78 is 0.956. The summed E-state index contributed by atoms with van der Waals surface area (Å²) in [6.45, 7) is 0. The van der Waals surface area contributed by atoms with Crippen molar-refractivity contribution in [3.63, 3.8) is 0 Å². The molecule has 118 valence electrons. The first-order valence-corrected chi connectivity index (χ1v) is 9.04. The number of rotatable bonds is 1. The van der Waals surface area contributed by atoms with Gasteiger partial charge in [-0.3, -0.25) is 0 Å². The summed E-state index contributed by atoms with van der Waals surface area (Å²) in [5.74, 6) is 0.550. The van der Waals surface area contributed by atoms with Gasteiger partial charge in [-0.2, -0.15) is 0 Å². The molecule has 24 heavy (non-hydrogen) atoms. The Balaban J connectivity index is 1.93. The number of thiophene rings is 1. The predicted molar refractivity (Wildman–Crippen MR) is 99.2 cm³/mol. The van der Waals surface area contributed by atoms with Gasteiger partial charge in [-0.25, -0.2) is 15.0 Å². The number of aromatic nitrogens is 3. The Morgan fingerprint density at radius 1 is 0.958 bits per heavy atom.